The number of hydrogen-bond acceptors (Lipinski definition) is 9. The van der Waals surface area contributed by atoms with Crippen LogP contribution >= 0.6 is 0 Å². The minimum Gasteiger partial charge on any atom is -0.481 e. The molecular weight excluding hydrogens is 306 g/mol. The fourth-order valence-electron chi connectivity index (χ4n) is 1.43. The number of carboxylic acids is 2. The third-order valence-corrected chi connectivity index (χ3v) is 2.90. The van der Waals surface area contributed by atoms with Gasteiger partial charge in [-0.25, -0.2) is 0 Å². The lowest BCUT2D eigenvalue weighted by Gasteiger charge is -2.40. The van der Waals surface area contributed by atoms with E-state index >= 15 is 0 Å². The quantitative estimate of drug-likeness (QED) is 0.244. The molecule has 0 aromatic carbocycles. The van der Waals surface area contributed by atoms with Crippen molar-refractivity contribution < 1.29 is 50.1 Å². The smallest absolute Gasteiger partial charge is 0.320 e. The molecule has 1 saturated heterocycles. The minimum atomic E-state index is -2.17. The van der Waals surface area contributed by atoms with Crippen molar-refractivity contribution in [2.75, 3.05) is 13.2 Å². The van der Waals surface area contributed by atoms with E-state index in [2.05, 4.69) is 4.74 Å². The van der Waals surface area contributed by atoms with Crippen molar-refractivity contribution in [3.63, 3.8) is 0 Å². The van der Waals surface area contributed by atoms with Crippen LogP contribution in [0, 0.1) is 0 Å². The van der Waals surface area contributed by atoms with E-state index in [1.54, 1.807) is 0 Å². The molecule has 0 aromatic rings. The van der Waals surface area contributed by atoms with Crippen molar-refractivity contribution in [3.05, 3.63) is 0 Å². The zero-order valence-corrected chi connectivity index (χ0v) is 11.6. The van der Waals surface area contributed by atoms with Crippen molar-refractivity contribution in [2.45, 2.75) is 43.0 Å². The first kappa shape index (κ1) is 20.7. The fraction of sp³-hybridized carbons (Fsp3) is 0.818. The molecule has 11 nitrogen and oxygen atoms in total. The summed E-state index contributed by atoms with van der Waals surface area (Å²) >= 11 is 0. The van der Waals surface area contributed by atoms with Crippen LogP contribution in [-0.4, -0.2) is 91.0 Å². The maximum atomic E-state index is 9.99. The number of ether oxygens (including phenoxy) is 1. The molecule has 9 N–H and O–H groups in total. The normalized spacial score (nSPS) is 32.5. The second-order valence-corrected chi connectivity index (χ2v) is 4.69. The van der Waals surface area contributed by atoms with Crippen LogP contribution in [0.5, 0.6) is 0 Å². The second-order valence-electron chi connectivity index (χ2n) is 4.69. The number of nitrogens with two attached hydrogens (primary N) is 1. The zero-order valence-electron chi connectivity index (χ0n) is 11.6. The summed E-state index contributed by atoms with van der Waals surface area (Å²) in [5.41, 5.74) is 5.00. The monoisotopic (exact) mass is 327 g/mol. The summed E-state index contributed by atoms with van der Waals surface area (Å²) in [6.45, 7) is -1.16. The number of aliphatic hydroxyl groups is 5. The highest BCUT2D eigenvalue weighted by Crippen LogP contribution is 2.22. The molecule has 0 spiro atoms. The van der Waals surface area contributed by atoms with Crippen LogP contribution < -0.4 is 5.73 Å². The van der Waals surface area contributed by atoms with Gasteiger partial charge in [-0.3, -0.25) is 9.59 Å². The van der Waals surface area contributed by atoms with E-state index in [9.17, 15) is 14.7 Å². The van der Waals surface area contributed by atoms with E-state index in [4.69, 9.17) is 36.4 Å². The Morgan fingerprint density at radius 1 is 1.27 bits per heavy atom. The first-order valence-electron chi connectivity index (χ1n) is 6.26. The van der Waals surface area contributed by atoms with Crippen molar-refractivity contribution in [1.82, 2.24) is 0 Å². The minimum absolute atomic E-state index is 0.0231. The average Bonchev–Trinajstić information content (AvgIpc) is 2.47. The number of aliphatic hydroxyl groups excluding tert-OH is 4. The van der Waals surface area contributed by atoms with E-state index in [1.807, 2.05) is 0 Å². The molecule has 0 aromatic heterocycles. The Kier molecular flexibility index (Phi) is 8.40. The average molecular weight is 327 g/mol. The van der Waals surface area contributed by atoms with Gasteiger partial charge in [0.25, 0.3) is 0 Å². The lowest BCUT2D eigenvalue weighted by molar-refractivity contribution is -0.331. The molecule has 1 fully saturated rings. The Bertz CT molecular complexity index is 378. The summed E-state index contributed by atoms with van der Waals surface area (Å²) in [5.74, 6) is -4.36. The van der Waals surface area contributed by atoms with Gasteiger partial charge >= 0.3 is 11.9 Å². The van der Waals surface area contributed by atoms with Gasteiger partial charge in [-0.05, 0) is 6.42 Å². The molecule has 0 bridgehead atoms. The van der Waals surface area contributed by atoms with Crippen LogP contribution in [-0.2, 0) is 14.3 Å². The van der Waals surface area contributed by atoms with Crippen LogP contribution in [0.2, 0.25) is 0 Å². The van der Waals surface area contributed by atoms with Gasteiger partial charge in [0.1, 0.15) is 24.4 Å². The van der Waals surface area contributed by atoms with Gasteiger partial charge < -0.3 is 46.2 Å². The maximum Gasteiger partial charge on any atom is 0.320 e. The molecule has 11 heteroatoms. The Morgan fingerprint density at radius 2 is 1.82 bits per heavy atom. The highest BCUT2D eigenvalue weighted by Gasteiger charge is 2.47. The van der Waals surface area contributed by atoms with Crippen LogP contribution in [0.1, 0.15) is 12.8 Å². The lowest BCUT2D eigenvalue weighted by Crippen LogP contribution is -2.62. The van der Waals surface area contributed by atoms with Crippen LogP contribution in [0.25, 0.3) is 0 Å². The Hall–Kier alpha value is -1.34. The fourth-order valence-corrected chi connectivity index (χ4v) is 1.43. The second kappa shape index (κ2) is 8.95. The Balaban J connectivity index is 0.000000409. The summed E-state index contributed by atoms with van der Waals surface area (Å²) in [6, 6.07) is -1.06. The number of aliphatic carboxylic acids is 2. The number of hydrogen-bond donors (Lipinski definition) is 8. The van der Waals surface area contributed by atoms with E-state index in [1.165, 1.54) is 0 Å². The van der Waals surface area contributed by atoms with E-state index in [0.29, 0.717) is 0 Å². The molecule has 1 aliphatic rings. The van der Waals surface area contributed by atoms with Crippen molar-refractivity contribution in [1.29, 1.82) is 0 Å². The predicted molar refractivity (Wildman–Crippen MR) is 68.5 cm³/mol. The third kappa shape index (κ3) is 6.19. The maximum absolute atomic E-state index is 9.99. The van der Waals surface area contributed by atoms with Crippen LogP contribution in [0.3, 0.4) is 0 Å². The molecule has 1 heterocycles. The molecule has 130 valence electrons. The molecular formula is C11H21NO10. The summed E-state index contributed by atoms with van der Waals surface area (Å²) in [5, 5.41) is 61.2. The zero-order chi connectivity index (χ0) is 17.5. The van der Waals surface area contributed by atoms with Gasteiger partial charge in [-0.15, -0.1) is 0 Å². The number of carbonyl (C=O) groups is 2. The van der Waals surface area contributed by atoms with Crippen LogP contribution in [0.4, 0.5) is 0 Å². The standard InChI is InChI=1S/C6H12O6.C5H9NO4/c7-2-6(11)5(10)4(9)3(8)1-12-6;6-3(5(9)10)1-2-4(7)8/h3-5,7-11H,1-2H2;3H,1-2,6H2,(H,7,8)(H,9,10)/t3-,4-,5+,6+;/m1./s1. The highest BCUT2D eigenvalue weighted by molar-refractivity contribution is 5.74. The largest absolute Gasteiger partial charge is 0.481 e. The third-order valence-electron chi connectivity index (χ3n) is 2.90. The molecule has 0 saturated carbocycles. The summed E-state index contributed by atoms with van der Waals surface area (Å²) in [4.78, 5) is 19.9. The van der Waals surface area contributed by atoms with Gasteiger partial charge in [0.2, 0.25) is 5.79 Å². The Labute approximate surface area is 125 Å². The number of carboxylic acid groups (broad SMARTS) is 2. The lowest BCUT2D eigenvalue weighted by atomic mass is 9.98. The highest BCUT2D eigenvalue weighted by atomic mass is 16.7. The van der Waals surface area contributed by atoms with Crippen molar-refractivity contribution in [3.8, 4) is 0 Å². The first-order valence-corrected chi connectivity index (χ1v) is 6.26. The van der Waals surface area contributed by atoms with Gasteiger partial charge in [-0.2, -0.15) is 0 Å². The summed E-state index contributed by atoms with van der Waals surface area (Å²) in [7, 11) is 0. The van der Waals surface area contributed by atoms with Crippen molar-refractivity contribution >= 4 is 11.9 Å². The molecule has 0 radical (unpaired) electrons. The summed E-state index contributed by atoms with van der Waals surface area (Å²) in [6.07, 6.45) is -4.67. The molecule has 1 unspecified atom stereocenters. The Morgan fingerprint density at radius 3 is 2.23 bits per heavy atom. The van der Waals surface area contributed by atoms with Gasteiger partial charge in [0.05, 0.1) is 13.2 Å². The number of rotatable bonds is 5. The molecule has 5 atom stereocenters. The predicted octanol–water partition coefficient (Wildman–Crippen LogP) is -3.96. The van der Waals surface area contributed by atoms with E-state index in [-0.39, 0.29) is 19.4 Å². The first-order chi connectivity index (χ1) is 10.0. The van der Waals surface area contributed by atoms with Gasteiger partial charge in [0.15, 0.2) is 0 Å². The SMILES string of the molecule is NC(CCC(=O)O)C(=O)O.OC[C@]1(O)OC[C@@H](O)[C@@H](O)[C@@H]1O. The molecule has 1 rings (SSSR count). The van der Waals surface area contributed by atoms with Crippen molar-refractivity contribution in [2.24, 2.45) is 5.73 Å². The molecule has 0 amide bonds. The van der Waals surface area contributed by atoms with Crippen LogP contribution in [0.15, 0.2) is 0 Å². The molecule has 0 aliphatic carbocycles. The topological polar surface area (TPSA) is 211 Å². The van der Waals surface area contributed by atoms with E-state index in [0.717, 1.165) is 0 Å². The van der Waals surface area contributed by atoms with Gasteiger partial charge in [-0.1, -0.05) is 0 Å². The molecule has 1 aliphatic heterocycles. The van der Waals surface area contributed by atoms with Gasteiger partial charge in [0, 0.05) is 6.42 Å². The summed E-state index contributed by atoms with van der Waals surface area (Å²) < 4.78 is 4.56. The van der Waals surface area contributed by atoms with E-state index < -0.39 is 48.7 Å². The molecule has 22 heavy (non-hydrogen) atoms.